The second-order valence-electron chi connectivity index (χ2n) is 7.22. The van der Waals surface area contributed by atoms with Gasteiger partial charge in [-0.2, -0.15) is 5.26 Å². The quantitative estimate of drug-likeness (QED) is 0.399. The summed E-state index contributed by atoms with van der Waals surface area (Å²) in [6, 6.07) is 17.7. The zero-order valence-corrected chi connectivity index (χ0v) is 18.3. The van der Waals surface area contributed by atoms with Gasteiger partial charge in [-0.25, -0.2) is 0 Å². The van der Waals surface area contributed by atoms with Gasteiger partial charge in [0.25, 0.3) is 5.91 Å². The van der Waals surface area contributed by atoms with Crippen molar-refractivity contribution < 1.29 is 4.79 Å². The molecule has 3 aromatic rings. The summed E-state index contributed by atoms with van der Waals surface area (Å²) in [5, 5.41) is 12.9. The van der Waals surface area contributed by atoms with E-state index in [-0.39, 0.29) is 5.57 Å². The van der Waals surface area contributed by atoms with Crippen molar-refractivity contribution in [3.8, 4) is 11.8 Å². The van der Waals surface area contributed by atoms with Crippen LogP contribution >= 0.6 is 11.6 Å². The molecule has 1 heterocycles. The van der Waals surface area contributed by atoms with Gasteiger partial charge in [0.1, 0.15) is 11.6 Å². The van der Waals surface area contributed by atoms with Crippen molar-refractivity contribution in [1.82, 2.24) is 4.57 Å². The lowest BCUT2D eigenvalue weighted by atomic mass is 10.1. The minimum Gasteiger partial charge on any atom is -0.321 e. The maximum absolute atomic E-state index is 12.7. The average molecular weight is 418 g/mol. The van der Waals surface area contributed by atoms with Gasteiger partial charge in [0, 0.05) is 27.8 Å². The molecule has 0 spiro atoms. The highest BCUT2D eigenvalue weighted by atomic mass is 35.5. The van der Waals surface area contributed by atoms with Crippen molar-refractivity contribution in [1.29, 1.82) is 5.26 Å². The van der Waals surface area contributed by atoms with E-state index in [4.69, 9.17) is 11.6 Å². The first kappa shape index (κ1) is 21.4. The fourth-order valence-electron chi connectivity index (χ4n) is 3.45. The van der Waals surface area contributed by atoms with Gasteiger partial charge in [-0.05, 0) is 80.3 Å². The standard InChI is InChI=1S/C25H24ClN3O/c1-5-19-9-11-22(12-10-19)29-16(2)13-20(18(29)4)14-21(15-27)25(30)28-24-8-6-7-23(26)17(24)3/h6-14H,5H2,1-4H3,(H,28,30)/b21-14-. The van der Waals surface area contributed by atoms with Crippen molar-refractivity contribution in [2.75, 3.05) is 5.32 Å². The maximum Gasteiger partial charge on any atom is 0.266 e. The number of halogens is 1. The number of nitriles is 1. The predicted octanol–water partition coefficient (Wildman–Crippen LogP) is 6.16. The molecule has 0 atom stereocenters. The Bertz CT molecular complexity index is 1160. The van der Waals surface area contributed by atoms with Crippen LogP contribution < -0.4 is 5.32 Å². The van der Waals surface area contributed by atoms with Gasteiger partial charge in [0.05, 0.1) is 0 Å². The number of rotatable bonds is 5. The SMILES string of the molecule is CCc1ccc(-n2c(C)cc(/C=C(/C#N)C(=O)Nc3cccc(Cl)c3C)c2C)cc1. The van der Waals surface area contributed by atoms with Gasteiger partial charge >= 0.3 is 0 Å². The monoisotopic (exact) mass is 417 g/mol. The van der Waals surface area contributed by atoms with E-state index in [2.05, 4.69) is 41.1 Å². The Morgan fingerprint density at radius 1 is 1.17 bits per heavy atom. The van der Waals surface area contributed by atoms with Gasteiger partial charge in [0.15, 0.2) is 0 Å². The Morgan fingerprint density at radius 3 is 2.50 bits per heavy atom. The Balaban J connectivity index is 1.93. The Kier molecular flexibility index (Phi) is 6.44. The number of carbonyl (C=O) groups excluding carboxylic acids is 1. The number of anilines is 1. The van der Waals surface area contributed by atoms with E-state index < -0.39 is 5.91 Å². The van der Waals surface area contributed by atoms with Crippen LogP contribution in [0.2, 0.25) is 5.02 Å². The second kappa shape index (κ2) is 9.02. The summed E-state index contributed by atoms with van der Waals surface area (Å²) in [5.41, 5.74) is 6.56. The molecule has 1 N–H and O–H groups in total. The number of nitrogens with zero attached hydrogens (tertiary/aromatic N) is 2. The molecule has 152 valence electrons. The third-order valence-corrected chi connectivity index (χ3v) is 5.66. The van der Waals surface area contributed by atoms with Gasteiger partial charge in [-0.1, -0.05) is 36.7 Å². The summed E-state index contributed by atoms with van der Waals surface area (Å²) in [6.45, 7) is 7.95. The molecule has 0 saturated heterocycles. The molecule has 2 aromatic carbocycles. The fourth-order valence-corrected chi connectivity index (χ4v) is 3.62. The van der Waals surface area contributed by atoms with Crippen LogP contribution in [0.15, 0.2) is 54.1 Å². The third-order valence-electron chi connectivity index (χ3n) is 5.25. The summed E-state index contributed by atoms with van der Waals surface area (Å²) >= 11 is 6.12. The zero-order valence-electron chi connectivity index (χ0n) is 17.6. The number of benzene rings is 2. The van der Waals surface area contributed by atoms with Crippen LogP contribution in [0.25, 0.3) is 11.8 Å². The Morgan fingerprint density at radius 2 is 1.87 bits per heavy atom. The van der Waals surface area contributed by atoms with Crippen LogP contribution in [0.5, 0.6) is 0 Å². The van der Waals surface area contributed by atoms with Crippen LogP contribution in [-0.4, -0.2) is 10.5 Å². The van der Waals surface area contributed by atoms with Crippen LogP contribution in [-0.2, 0) is 11.2 Å². The van der Waals surface area contributed by atoms with Crippen LogP contribution in [0.4, 0.5) is 5.69 Å². The van der Waals surface area contributed by atoms with Crippen molar-refractivity contribution >= 4 is 29.3 Å². The maximum atomic E-state index is 12.7. The molecule has 0 aliphatic rings. The minimum atomic E-state index is -0.458. The number of aromatic nitrogens is 1. The van der Waals surface area contributed by atoms with Crippen molar-refractivity contribution in [2.45, 2.75) is 34.1 Å². The first-order valence-electron chi connectivity index (χ1n) is 9.82. The highest BCUT2D eigenvalue weighted by Gasteiger charge is 2.15. The number of amides is 1. The molecule has 0 unspecified atom stereocenters. The van der Waals surface area contributed by atoms with E-state index in [0.717, 1.165) is 34.6 Å². The number of hydrogen-bond donors (Lipinski definition) is 1. The van der Waals surface area contributed by atoms with Crippen LogP contribution in [0, 0.1) is 32.1 Å². The molecule has 1 aromatic heterocycles. The van der Waals surface area contributed by atoms with Gasteiger partial charge in [-0.3, -0.25) is 4.79 Å². The highest BCUT2D eigenvalue weighted by Crippen LogP contribution is 2.25. The van der Waals surface area contributed by atoms with Gasteiger partial charge in [0.2, 0.25) is 0 Å². The first-order valence-corrected chi connectivity index (χ1v) is 10.2. The highest BCUT2D eigenvalue weighted by molar-refractivity contribution is 6.31. The fraction of sp³-hybridized carbons (Fsp3) is 0.200. The van der Waals surface area contributed by atoms with Gasteiger partial charge in [-0.15, -0.1) is 0 Å². The van der Waals surface area contributed by atoms with Crippen molar-refractivity contribution in [2.24, 2.45) is 0 Å². The number of carbonyl (C=O) groups is 1. The van der Waals surface area contributed by atoms with Crippen LogP contribution in [0.1, 0.15) is 35.0 Å². The summed E-state index contributed by atoms with van der Waals surface area (Å²) in [5.74, 6) is -0.458. The number of aryl methyl sites for hydroxylation is 2. The summed E-state index contributed by atoms with van der Waals surface area (Å²) < 4.78 is 2.12. The molecular weight excluding hydrogens is 394 g/mol. The molecule has 0 aliphatic heterocycles. The Hall–Kier alpha value is -3.29. The van der Waals surface area contributed by atoms with Crippen molar-refractivity contribution in [3.05, 3.63) is 87.2 Å². The second-order valence-corrected chi connectivity index (χ2v) is 7.63. The molecule has 0 aliphatic carbocycles. The summed E-state index contributed by atoms with van der Waals surface area (Å²) in [6.07, 6.45) is 2.62. The molecule has 4 nitrogen and oxygen atoms in total. The molecule has 0 fully saturated rings. The number of hydrogen-bond acceptors (Lipinski definition) is 2. The van der Waals surface area contributed by atoms with E-state index in [0.29, 0.717) is 10.7 Å². The minimum absolute atomic E-state index is 0.0379. The van der Waals surface area contributed by atoms with E-state index >= 15 is 0 Å². The summed E-state index contributed by atoms with van der Waals surface area (Å²) in [4.78, 5) is 12.7. The molecule has 0 radical (unpaired) electrons. The molecule has 30 heavy (non-hydrogen) atoms. The molecule has 1 amide bonds. The molecule has 3 rings (SSSR count). The lowest BCUT2D eigenvalue weighted by Gasteiger charge is -2.11. The van der Waals surface area contributed by atoms with Crippen molar-refractivity contribution in [3.63, 3.8) is 0 Å². The molecular formula is C25H24ClN3O. The van der Waals surface area contributed by atoms with E-state index in [9.17, 15) is 10.1 Å². The lowest BCUT2D eigenvalue weighted by molar-refractivity contribution is -0.112. The summed E-state index contributed by atoms with van der Waals surface area (Å²) in [7, 11) is 0. The average Bonchev–Trinajstić information content (AvgIpc) is 3.02. The Labute approximate surface area is 182 Å². The smallest absolute Gasteiger partial charge is 0.266 e. The van der Waals surface area contributed by atoms with E-state index in [1.807, 2.05) is 32.9 Å². The molecule has 0 bridgehead atoms. The van der Waals surface area contributed by atoms with Crippen LogP contribution in [0.3, 0.4) is 0 Å². The largest absolute Gasteiger partial charge is 0.321 e. The van der Waals surface area contributed by atoms with Gasteiger partial charge < -0.3 is 9.88 Å². The third kappa shape index (κ3) is 4.32. The number of nitrogens with one attached hydrogen (secondary N) is 1. The zero-order chi connectivity index (χ0) is 21.8. The first-order chi connectivity index (χ1) is 14.3. The lowest BCUT2D eigenvalue weighted by Crippen LogP contribution is -2.14. The topological polar surface area (TPSA) is 57.8 Å². The van der Waals surface area contributed by atoms with E-state index in [1.54, 1.807) is 24.3 Å². The molecule has 0 saturated carbocycles. The predicted molar refractivity (Wildman–Crippen MR) is 123 cm³/mol. The molecule has 5 heteroatoms. The normalized spacial score (nSPS) is 11.3. The van der Waals surface area contributed by atoms with E-state index in [1.165, 1.54) is 5.56 Å².